The minimum absolute atomic E-state index is 0.000993. The fraction of sp³-hybridized carbons (Fsp3) is 0.435. The average molecular weight is 382 g/mol. The lowest BCUT2D eigenvalue weighted by Crippen LogP contribution is -2.47. The van der Waals surface area contributed by atoms with Crippen molar-refractivity contribution in [2.45, 2.75) is 38.8 Å². The van der Waals surface area contributed by atoms with Gasteiger partial charge in [0, 0.05) is 31.9 Å². The van der Waals surface area contributed by atoms with Crippen molar-refractivity contribution in [3.63, 3.8) is 0 Å². The van der Waals surface area contributed by atoms with Gasteiger partial charge in [0.2, 0.25) is 0 Å². The summed E-state index contributed by atoms with van der Waals surface area (Å²) >= 11 is 0. The van der Waals surface area contributed by atoms with Crippen molar-refractivity contribution in [1.82, 2.24) is 10.2 Å². The minimum Gasteiger partial charge on any atom is -0.374 e. The Hall–Kier alpha value is -2.37. The highest BCUT2D eigenvalue weighted by Crippen LogP contribution is 2.29. The molecule has 0 aromatic heterocycles. The number of carbonyl (C=O) groups excluding carboxylic acids is 1. The zero-order valence-corrected chi connectivity index (χ0v) is 17.1. The van der Waals surface area contributed by atoms with E-state index in [1.54, 1.807) is 0 Å². The molecule has 150 valence electrons. The lowest BCUT2D eigenvalue weighted by atomic mass is 9.86. The molecule has 2 aromatic carbocycles. The molecule has 2 N–H and O–H groups in total. The quantitative estimate of drug-likeness (QED) is 0.823. The predicted octanol–water partition coefficient (Wildman–Crippen LogP) is 4.01. The molecule has 1 aliphatic rings. The molecule has 5 nitrogen and oxygen atoms in total. The summed E-state index contributed by atoms with van der Waals surface area (Å²) in [5.41, 5.74) is 3.23. The maximum Gasteiger partial charge on any atom is 0.319 e. The van der Waals surface area contributed by atoms with Crippen LogP contribution >= 0.6 is 0 Å². The van der Waals surface area contributed by atoms with Crippen molar-refractivity contribution in [3.05, 3.63) is 65.7 Å². The first-order chi connectivity index (χ1) is 13.4. The first kappa shape index (κ1) is 20.4. The summed E-state index contributed by atoms with van der Waals surface area (Å²) < 4.78 is 5.84. The summed E-state index contributed by atoms with van der Waals surface area (Å²) in [6.45, 7) is 10.2. The van der Waals surface area contributed by atoms with Gasteiger partial charge in [-0.15, -0.1) is 0 Å². The molecule has 0 spiro atoms. The number of nitrogens with zero attached hydrogens (tertiary/aromatic N) is 1. The lowest BCUT2D eigenvalue weighted by Gasteiger charge is -2.33. The SMILES string of the molecule is CC(C)(C)c1ccccc1NC(=O)NCC1CN(Cc2ccccc2)CCO1. The Labute approximate surface area is 168 Å². The van der Waals surface area contributed by atoms with E-state index in [2.05, 4.69) is 66.6 Å². The molecule has 1 aliphatic heterocycles. The van der Waals surface area contributed by atoms with Gasteiger partial charge in [-0.1, -0.05) is 69.3 Å². The van der Waals surface area contributed by atoms with E-state index in [9.17, 15) is 4.79 Å². The maximum atomic E-state index is 12.4. The Kier molecular flexibility index (Phi) is 6.70. The normalized spacial score (nSPS) is 17.9. The Morgan fingerprint density at radius 3 is 2.57 bits per heavy atom. The van der Waals surface area contributed by atoms with Crippen molar-refractivity contribution >= 4 is 11.7 Å². The number of nitrogens with one attached hydrogen (secondary N) is 2. The van der Waals surface area contributed by atoms with Crippen molar-refractivity contribution < 1.29 is 9.53 Å². The standard InChI is InChI=1S/C23H31N3O2/c1-23(2,3)20-11-7-8-12-21(20)25-22(27)24-15-19-17-26(13-14-28-19)16-18-9-5-4-6-10-18/h4-12,19H,13-17H2,1-3H3,(H2,24,25,27). The van der Waals surface area contributed by atoms with Crippen LogP contribution in [0.3, 0.4) is 0 Å². The molecule has 0 saturated carbocycles. The van der Waals surface area contributed by atoms with Crippen LogP contribution in [0.2, 0.25) is 0 Å². The van der Waals surface area contributed by atoms with Crippen LogP contribution < -0.4 is 10.6 Å². The average Bonchev–Trinajstić information content (AvgIpc) is 2.67. The molecule has 28 heavy (non-hydrogen) atoms. The van der Waals surface area contributed by atoms with E-state index in [1.807, 2.05) is 24.3 Å². The van der Waals surface area contributed by atoms with Gasteiger partial charge in [-0.3, -0.25) is 4.90 Å². The summed E-state index contributed by atoms with van der Waals surface area (Å²) in [6, 6.07) is 18.2. The Balaban J connectivity index is 1.49. The molecule has 2 amide bonds. The van der Waals surface area contributed by atoms with Crippen LogP contribution in [0.15, 0.2) is 54.6 Å². The van der Waals surface area contributed by atoms with E-state index in [0.29, 0.717) is 13.2 Å². The number of carbonyl (C=O) groups is 1. The van der Waals surface area contributed by atoms with Gasteiger partial charge in [0.25, 0.3) is 0 Å². The topological polar surface area (TPSA) is 53.6 Å². The number of urea groups is 1. The first-order valence-corrected chi connectivity index (χ1v) is 9.94. The van der Waals surface area contributed by atoms with Crippen LogP contribution in [0.5, 0.6) is 0 Å². The van der Waals surface area contributed by atoms with Gasteiger partial charge in [-0.2, -0.15) is 0 Å². The lowest BCUT2D eigenvalue weighted by molar-refractivity contribution is -0.0285. The molecule has 1 atom stereocenters. The van der Waals surface area contributed by atoms with Crippen LogP contribution in [-0.2, 0) is 16.7 Å². The Morgan fingerprint density at radius 2 is 1.82 bits per heavy atom. The van der Waals surface area contributed by atoms with E-state index in [-0.39, 0.29) is 17.6 Å². The molecule has 0 bridgehead atoms. The van der Waals surface area contributed by atoms with Crippen molar-refractivity contribution in [2.24, 2.45) is 0 Å². The Bertz CT molecular complexity index is 771. The number of morpholine rings is 1. The maximum absolute atomic E-state index is 12.4. The van der Waals surface area contributed by atoms with Crippen LogP contribution in [0.4, 0.5) is 10.5 Å². The number of hydrogen-bond donors (Lipinski definition) is 2. The fourth-order valence-electron chi connectivity index (χ4n) is 3.51. The number of rotatable bonds is 5. The van der Waals surface area contributed by atoms with Gasteiger partial charge in [0.1, 0.15) is 0 Å². The summed E-state index contributed by atoms with van der Waals surface area (Å²) in [5.74, 6) is 0. The summed E-state index contributed by atoms with van der Waals surface area (Å²) in [7, 11) is 0. The molecular formula is C23H31N3O2. The van der Waals surface area contributed by atoms with E-state index in [1.165, 1.54) is 5.56 Å². The van der Waals surface area contributed by atoms with Crippen molar-refractivity contribution in [2.75, 3.05) is 31.6 Å². The molecule has 1 saturated heterocycles. The van der Waals surface area contributed by atoms with Crippen LogP contribution in [0.1, 0.15) is 31.9 Å². The molecule has 3 rings (SSSR count). The van der Waals surface area contributed by atoms with E-state index >= 15 is 0 Å². The largest absolute Gasteiger partial charge is 0.374 e. The summed E-state index contributed by atoms with van der Waals surface area (Å²) in [6.07, 6.45) is 0.000993. The zero-order chi connectivity index (χ0) is 20.0. The van der Waals surface area contributed by atoms with Crippen LogP contribution in [-0.4, -0.2) is 43.3 Å². The number of benzene rings is 2. The van der Waals surface area contributed by atoms with E-state index < -0.39 is 0 Å². The third-order valence-electron chi connectivity index (χ3n) is 4.95. The second kappa shape index (κ2) is 9.22. The number of anilines is 1. The zero-order valence-electron chi connectivity index (χ0n) is 17.1. The molecule has 0 aliphatic carbocycles. The first-order valence-electron chi connectivity index (χ1n) is 9.94. The molecule has 1 fully saturated rings. The van der Waals surface area contributed by atoms with Gasteiger partial charge in [0.05, 0.1) is 12.7 Å². The second-order valence-corrected chi connectivity index (χ2v) is 8.34. The van der Waals surface area contributed by atoms with Gasteiger partial charge in [0.15, 0.2) is 0 Å². The molecule has 5 heteroatoms. The summed E-state index contributed by atoms with van der Waals surface area (Å²) in [5, 5.41) is 5.95. The highest BCUT2D eigenvalue weighted by Gasteiger charge is 2.22. The number of ether oxygens (including phenoxy) is 1. The molecule has 0 radical (unpaired) electrons. The number of hydrogen-bond acceptors (Lipinski definition) is 3. The molecule has 1 unspecified atom stereocenters. The van der Waals surface area contributed by atoms with Gasteiger partial charge in [-0.25, -0.2) is 4.79 Å². The minimum atomic E-state index is -0.194. The van der Waals surface area contributed by atoms with Crippen molar-refractivity contribution in [3.8, 4) is 0 Å². The highest BCUT2D eigenvalue weighted by molar-refractivity contribution is 5.90. The predicted molar refractivity (Wildman–Crippen MR) is 114 cm³/mol. The second-order valence-electron chi connectivity index (χ2n) is 8.34. The Morgan fingerprint density at radius 1 is 1.11 bits per heavy atom. The summed E-state index contributed by atoms with van der Waals surface area (Å²) in [4.78, 5) is 14.8. The monoisotopic (exact) mass is 381 g/mol. The van der Waals surface area contributed by atoms with E-state index in [4.69, 9.17) is 4.74 Å². The number of para-hydroxylation sites is 1. The number of amides is 2. The third kappa shape index (κ3) is 5.81. The fourth-order valence-corrected chi connectivity index (χ4v) is 3.51. The highest BCUT2D eigenvalue weighted by atomic mass is 16.5. The third-order valence-corrected chi connectivity index (χ3v) is 4.95. The smallest absolute Gasteiger partial charge is 0.319 e. The van der Waals surface area contributed by atoms with Crippen LogP contribution in [0.25, 0.3) is 0 Å². The molecule has 2 aromatic rings. The van der Waals surface area contributed by atoms with Gasteiger partial charge < -0.3 is 15.4 Å². The van der Waals surface area contributed by atoms with E-state index in [0.717, 1.165) is 30.9 Å². The van der Waals surface area contributed by atoms with Gasteiger partial charge >= 0.3 is 6.03 Å². The molecular weight excluding hydrogens is 350 g/mol. The van der Waals surface area contributed by atoms with Gasteiger partial charge in [-0.05, 0) is 22.6 Å². The van der Waals surface area contributed by atoms with Crippen molar-refractivity contribution in [1.29, 1.82) is 0 Å². The molecule has 1 heterocycles. The van der Waals surface area contributed by atoms with Crippen LogP contribution in [0, 0.1) is 0 Å².